The summed E-state index contributed by atoms with van der Waals surface area (Å²) in [5.41, 5.74) is 4.31. The molecule has 8 heteroatoms. The molecule has 0 atom stereocenters. The van der Waals surface area contributed by atoms with E-state index in [9.17, 15) is 4.39 Å². The number of fused-ring (bicyclic) bond motifs is 1. The average molecular weight is 460 g/mol. The normalized spacial score (nSPS) is 14.6. The lowest BCUT2D eigenvalue weighted by Crippen LogP contribution is -2.45. The Bertz CT molecular complexity index is 1260. The predicted molar refractivity (Wildman–Crippen MR) is 135 cm³/mol. The van der Waals surface area contributed by atoms with E-state index in [2.05, 4.69) is 52.3 Å². The van der Waals surface area contributed by atoms with E-state index in [1.807, 2.05) is 10.6 Å². The van der Waals surface area contributed by atoms with Gasteiger partial charge in [-0.05, 0) is 55.9 Å². The van der Waals surface area contributed by atoms with Crippen LogP contribution in [-0.2, 0) is 0 Å². The first-order chi connectivity index (χ1) is 16.6. The fourth-order valence-electron chi connectivity index (χ4n) is 4.35. The number of hydrogen-bond donors (Lipinski definition) is 1. The zero-order valence-corrected chi connectivity index (χ0v) is 19.7. The monoisotopic (exact) mass is 459 g/mol. The second kappa shape index (κ2) is 9.77. The van der Waals surface area contributed by atoms with Gasteiger partial charge < -0.3 is 15.1 Å². The molecule has 4 heterocycles. The van der Waals surface area contributed by atoms with Crippen LogP contribution >= 0.6 is 0 Å². The molecule has 4 aromatic rings. The highest BCUT2D eigenvalue weighted by Gasteiger charge is 2.22. The van der Waals surface area contributed by atoms with Gasteiger partial charge in [-0.15, -0.1) is 0 Å². The molecule has 0 aliphatic carbocycles. The summed E-state index contributed by atoms with van der Waals surface area (Å²) in [7, 11) is 2.15. The SMILES string of the molecule is CCCCNc1nccc(-c2c(-c3ccc(F)cc3)nn3c(N4CCN(C)CC4)cccc23)n1. The van der Waals surface area contributed by atoms with E-state index in [4.69, 9.17) is 10.1 Å². The average Bonchev–Trinajstić information content (AvgIpc) is 3.25. The number of piperazine rings is 1. The fourth-order valence-corrected chi connectivity index (χ4v) is 4.35. The van der Waals surface area contributed by atoms with Crippen molar-refractivity contribution in [2.75, 3.05) is 50.0 Å². The van der Waals surface area contributed by atoms with Crippen molar-refractivity contribution in [3.63, 3.8) is 0 Å². The topological polar surface area (TPSA) is 61.6 Å². The van der Waals surface area contributed by atoms with Crippen molar-refractivity contribution in [2.24, 2.45) is 0 Å². The third-order valence-corrected chi connectivity index (χ3v) is 6.31. The van der Waals surface area contributed by atoms with Crippen LogP contribution in [0, 0.1) is 5.82 Å². The van der Waals surface area contributed by atoms with E-state index >= 15 is 0 Å². The molecule has 1 aliphatic heterocycles. The van der Waals surface area contributed by atoms with E-state index in [-0.39, 0.29) is 5.82 Å². The highest BCUT2D eigenvalue weighted by molar-refractivity contribution is 5.91. The van der Waals surface area contributed by atoms with E-state index in [1.165, 1.54) is 12.1 Å². The molecule has 1 aliphatic rings. The number of aromatic nitrogens is 4. The van der Waals surface area contributed by atoms with Crippen LogP contribution < -0.4 is 10.2 Å². The van der Waals surface area contributed by atoms with Crippen LogP contribution in [0.3, 0.4) is 0 Å². The van der Waals surface area contributed by atoms with Crippen LogP contribution in [0.25, 0.3) is 28.0 Å². The maximum absolute atomic E-state index is 13.7. The third kappa shape index (κ3) is 4.46. The van der Waals surface area contributed by atoms with Crippen molar-refractivity contribution in [3.05, 3.63) is 60.5 Å². The van der Waals surface area contributed by atoms with Gasteiger partial charge in [0.1, 0.15) is 17.3 Å². The van der Waals surface area contributed by atoms with Gasteiger partial charge in [0.05, 0.1) is 16.8 Å². The van der Waals surface area contributed by atoms with Crippen molar-refractivity contribution in [3.8, 4) is 22.5 Å². The second-order valence-electron chi connectivity index (χ2n) is 8.75. The molecule has 0 spiro atoms. The van der Waals surface area contributed by atoms with Gasteiger partial charge in [-0.3, -0.25) is 0 Å². The highest BCUT2D eigenvalue weighted by Crippen LogP contribution is 2.36. The number of likely N-dealkylation sites (N-methyl/N-ethyl adjacent to an activating group) is 1. The van der Waals surface area contributed by atoms with Crippen molar-refractivity contribution in [1.82, 2.24) is 24.5 Å². The number of anilines is 2. The minimum atomic E-state index is -0.267. The van der Waals surface area contributed by atoms with Crippen LogP contribution in [0.15, 0.2) is 54.7 Å². The zero-order chi connectivity index (χ0) is 23.5. The summed E-state index contributed by atoms with van der Waals surface area (Å²) in [5.74, 6) is 1.39. The molecular weight excluding hydrogens is 429 g/mol. The lowest BCUT2D eigenvalue weighted by Gasteiger charge is -2.33. The molecular formula is C26H30FN7. The van der Waals surface area contributed by atoms with Gasteiger partial charge >= 0.3 is 0 Å². The Kier molecular flexibility index (Phi) is 6.40. The lowest BCUT2D eigenvalue weighted by molar-refractivity contribution is 0.311. The summed E-state index contributed by atoms with van der Waals surface area (Å²) in [6, 6.07) is 14.7. The first kappa shape index (κ1) is 22.3. The van der Waals surface area contributed by atoms with Crippen LogP contribution in [0.4, 0.5) is 16.2 Å². The Morgan fingerprint density at radius 2 is 1.79 bits per heavy atom. The molecule has 34 heavy (non-hydrogen) atoms. The van der Waals surface area contributed by atoms with E-state index in [0.717, 1.165) is 79.4 Å². The molecule has 0 radical (unpaired) electrons. The first-order valence-corrected chi connectivity index (χ1v) is 11.9. The van der Waals surface area contributed by atoms with Crippen molar-refractivity contribution < 1.29 is 4.39 Å². The summed E-state index contributed by atoms with van der Waals surface area (Å²) < 4.78 is 15.7. The number of pyridine rings is 1. The summed E-state index contributed by atoms with van der Waals surface area (Å²) >= 11 is 0. The number of rotatable bonds is 7. The van der Waals surface area contributed by atoms with Crippen LogP contribution in [-0.4, -0.2) is 64.3 Å². The number of nitrogens with one attached hydrogen (secondary N) is 1. The Hall–Kier alpha value is -3.52. The van der Waals surface area contributed by atoms with Gasteiger partial charge in [-0.25, -0.2) is 18.9 Å². The van der Waals surface area contributed by atoms with Crippen LogP contribution in [0.5, 0.6) is 0 Å². The molecule has 5 rings (SSSR count). The molecule has 0 unspecified atom stereocenters. The lowest BCUT2D eigenvalue weighted by atomic mass is 10.0. The maximum atomic E-state index is 13.7. The maximum Gasteiger partial charge on any atom is 0.223 e. The molecule has 1 fully saturated rings. The summed E-state index contributed by atoms with van der Waals surface area (Å²) in [6.45, 7) is 6.88. The number of nitrogens with zero attached hydrogens (tertiary/aromatic N) is 6. The quantitative estimate of drug-likeness (QED) is 0.409. The molecule has 1 N–H and O–H groups in total. The van der Waals surface area contributed by atoms with Crippen LogP contribution in [0.2, 0.25) is 0 Å². The Balaban J connectivity index is 1.65. The van der Waals surface area contributed by atoms with Gasteiger partial charge in [0, 0.05) is 44.5 Å². The fraction of sp³-hybridized carbons (Fsp3) is 0.346. The minimum Gasteiger partial charge on any atom is -0.354 e. The Morgan fingerprint density at radius 3 is 2.56 bits per heavy atom. The molecule has 7 nitrogen and oxygen atoms in total. The van der Waals surface area contributed by atoms with Gasteiger partial charge in [-0.1, -0.05) is 19.4 Å². The van der Waals surface area contributed by atoms with E-state index < -0.39 is 0 Å². The smallest absolute Gasteiger partial charge is 0.223 e. The van der Waals surface area contributed by atoms with E-state index in [1.54, 1.807) is 18.3 Å². The number of hydrogen-bond acceptors (Lipinski definition) is 6. The largest absolute Gasteiger partial charge is 0.354 e. The van der Waals surface area contributed by atoms with Crippen molar-refractivity contribution >= 4 is 17.3 Å². The summed E-state index contributed by atoms with van der Waals surface area (Å²) in [5, 5.41) is 8.36. The molecule has 3 aromatic heterocycles. The molecule has 1 aromatic carbocycles. The molecule has 176 valence electrons. The first-order valence-electron chi connectivity index (χ1n) is 11.9. The van der Waals surface area contributed by atoms with Gasteiger partial charge in [-0.2, -0.15) is 5.10 Å². The number of benzene rings is 1. The summed E-state index contributed by atoms with van der Waals surface area (Å²) in [4.78, 5) is 13.9. The van der Waals surface area contributed by atoms with Crippen molar-refractivity contribution in [1.29, 1.82) is 0 Å². The van der Waals surface area contributed by atoms with Gasteiger partial charge in [0.25, 0.3) is 0 Å². The summed E-state index contributed by atoms with van der Waals surface area (Å²) in [6.07, 6.45) is 3.93. The molecule has 0 amide bonds. The van der Waals surface area contributed by atoms with E-state index in [0.29, 0.717) is 5.95 Å². The highest BCUT2D eigenvalue weighted by atomic mass is 19.1. The van der Waals surface area contributed by atoms with Crippen LogP contribution in [0.1, 0.15) is 19.8 Å². The van der Waals surface area contributed by atoms with Crippen molar-refractivity contribution in [2.45, 2.75) is 19.8 Å². The van der Waals surface area contributed by atoms with Gasteiger partial charge in [0.2, 0.25) is 5.95 Å². The Labute approximate surface area is 199 Å². The van der Waals surface area contributed by atoms with Gasteiger partial charge in [0.15, 0.2) is 0 Å². The predicted octanol–water partition coefficient (Wildman–Crippen LogP) is 4.56. The third-order valence-electron chi connectivity index (χ3n) is 6.31. The zero-order valence-electron chi connectivity index (χ0n) is 19.7. The number of unbranched alkanes of at least 4 members (excludes halogenated alkanes) is 1. The molecule has 0 saturated carbocycles. The number of halogens is 1. The Morgan fingerprint density at radius 1 is 1.00 bits per heavy atom. The molecule has 1 saturated heterocycles. The minimum absolute atomic E-state index is 0.267. The second-order valence-corrected chi connectivity index (χ2v) is 8.75. The standard InChI is InChI=1S/C26H30FN7/c1-3-4-13-28-26-29-14-12-21(30-26)24-22-6-5-7-23(33-17-15-32(2)16-18-33)34(22)31-25(24)19-8-10-20(27)11-9-19/h5-12,14H,3-4,13,15-18H2,1-2H3,(H,28,29,30). The molecule has 0 bridgehead atoms.